The van der Waals surface area contributed by atoms with Crippen LogP contribution in [0.1, 0.15) is 11.4 Å². The van der Waals surface area contributed by atoms with E-state index in [4.69, 9.17) is 5.21 Å². The van der Waals surface area contributed by atoms with Crippen molar-refractivity contribution >= 4 is 0 Å². The molecule has 11 heavy (non-hydrogen) atoms. The maximum atomic E-state index is 10.9. The van der Waals surface area contributed by atoms with Gasteiger partial charge in [0.05, 0.1) is 0 Å². The summed E-state index contributed by atoms with van der Waals surface area (Å²) < 4.78 is 0.883. The number of hydrogen-bond acceptors (Lipinski definition) is 3. The second-order valence-electron chi connectivity index (χ2n) is 2.30. The number of rotatable bonds is 0. The van der Waals surface area contributed by atoms with Crippen LogP contribution in [0.3, 0.4) is 0 Å². The molecule has 0 radical (unpaired) electrons. The van der Waals surface area contributed by atoms with E-state index in [9.17, 15) is 10.0 Å². The molecule has 1 aromatic heterocycles. The zero-order valence-corrected chi connectivity index (χ0v) is 6.24. The Kier molecular flexibility index (Phi) is 1.56. The van der Waals surface area contributed by atoms with E-state index in [2.05, 4.69) is 0 Å². The molecule has 0 atom stereocenters. The van der Waals surface area contributed by atoms with Crippen LogP contribution >= 0.6 is 0 Å². The van der Waals surface area contributed by atoms with Crippen molar-refractivity contribution in [3.8, 4) is 0 Å². The quantitative estimate of drug-likeness (QED) is 0.308. The van der Waals surface area contributed by atoms with Crippen LogP contribution in [0.25, 0.3) is 0 Å². The summed E-state index contributed by atoms with van der Waals surface area (Å²) >= 11 is 0. The molecule has 1 heterocycles. The van der Waals surface area contributed by atoms with Crippen molar-refractivity contribution in [2.45, 2.75) is 13.8 Å². The lowest BCUT2D eigenvalue weighted by molar-refractivity contribution is -0.615. The van der Waals surface area contributed by atoms with Crippen molar-refractivity contribution in [2.75, 3.05) is 0 Å². The molecule has 0 spiro atoms. The van der Waals surface area contributed by atoms with Crippen LogP contribution in [0.2, 0.25) is 0 Å². The van der Waals surface area contributed by atoms with E-state index >= 15 is 0 Å². The third-order valence-corrected chi connectivity index (χ3v) is 1.47. The Morgan fingerprint density at radius 3 is 2.73 bits per heavy atom. The van der Waals surface area contributed by atoms with Gasteiger partial charge in [0.25, 0.3) is 5.69 Å². The maximum absolute atomic E-state index is 10.9. The van der Waals surface area contributed by atoms with Crippen molar-refractivity contribution in [3.05, 3.63) is 33.1 Å². The molecule has 0 amide bonds. The fourth-order valence-electron chi connectivity index (χ4n) is 0.729. The third-order valence-electron chi connectivity index (χ3n) is 1.47. The minimum Gasteiger partial charge on any atom is -0.618 e. The lowest BCUT2D eigenvalue weighted by Gasteiger charge is -2.03. The van der Waals surface area contributed by atoms with Crippen molar-refractivity contribution < 1.29 is 9.94 Å². The Morgan fingerprint density at radius 1 is 1.64 bits per heavy atom. The van der Waals surface area contributed by atoms with Crippen LogP contribution in [0, 0.1) is 19.1 Å². The van der Waals surface area contributed by atoms with Gasteiger partial charge in [-0.1, -0.05) is 0 Å². The highest BCUT2D eigenvalue weighted by Gasteiger charge is 2.10. The molecule has 0 aliphatic rings. The molecule has 0 aromatic carbocycles. The van der Waals surface area contributed by atoms with E-state index in [0.717, 1.165) is 6.20 Å². The molecule has 1 aromatic rings. The highest BCUT2D eigenvalue weighted by atomic mass is 16.5. The second kappa shape index (κ2) is 2.26. The first kappa shape index (κ1) is 7.59. The lowest BCUT2D eigenvalue weighted by Crippen LogP contribution is -2.41. The standard InChI is InChI=1S/C6H8N2O3/c1-4-3-7(10)5(2)6(9)8(4)11/h3,11H,1-2H3. The minimum absolute atomic E-state index is 0.0434. The minimum atomic E-state index is -0.681. The zero-order chi connectivity index (χ0) is 8.59. The topological polar surface area (TPSA) is 69.2 Å². The average molecular weight is 156 g/mol. The first-order chi connectivity index (χ1) is 5.04. The molecule has 1 rings (SSSR count). The van der Waals surface area contributed by atoms with Crippen LogP contribution in [0.5, 0.6) is 0 Å². The summed E-state index contributed by atoms with van der Waals surface area (Å²) in [5.74, 6) is 0. The molecule has 0 aliphatic heterocycles. The van der Waals surface area contributed by atoms with Gasteiger partial charge in [0.15, 0.2) is 0 Å². The smallest absolute Gasteiger partial charge is 0.351 e. The number of nitrogens with zero attached hydrogens (tertiary/aromatic N) is 2. The van der Waals surface area contributed by atoms with Gasteiger partial charge in [-0.2, -0.15) is 4.73 Å². The van der Waals surface area contributed by atoms with Crippen molar-refractivity contribution in [2.24, 2.45) is 0 Å². The van der Waals surface area contributed by atoms with E-state index in [1.165, 1.54) is 13.8 Å². The fraction of sp³-hybridized carbons (Fsp3) is 0.333. The molecule has 0 saturated heterocycles. The van der Waals surface area contributed by atoms with E-state index in [1.54, 1.807) is 0 Å². The van der Waals surface area contributed by atoms with Crippen LogP contribution in [0.15, 0.2) is 11.0 Å². The number of aromatic nitrogens is 2. The van der Waals surface area contributed by atoms with E-state index in [1.807, 2.05) is 0 Å². The maximum Gasteiger partial charge on any atom is 0.351 e. The summed E-state index contributed by atoms with van der Waals surface area (Å²) in [4.78, 5) is 10.9. The van der Waals surface area contributed by atoms with Crippen LogP contribution in [-0.2, 0) is 0 Å². The van der Waals surface area contributed by atoms with Gasteiger partial charge in [-0.3, -0.25) is 4.79 Å². The Bertz CT molecular complexity index is 313. The molecule has 0 fully saturated rings. The summed E-state index contributed by atoms with van der Waals surface area (Å²) in [7, 11) is 0. The molecule has 1 N–H and O–H groups in total. The van der Waals surface area contributed by atoms with Gasteiger partial charge in [0, 0.05) is 6.92 Å². The number of hydrogen-bond donors (Lipinski definition) is 1. The molecule has 60 valence electrons. The second-order valence-corrected chi connectivity index (χ2v) is 2.30. The van der Waals surface area contributed by atoms with Gasteiger partial charge >= 0.3 is 5.56 Å². The molecule has 0 aliphatic carbocycles. The van der Waals surface area contributed by atoms with Gasteiger partial charge in [-0.15, -0.1) is 4.73 Å². The van der Waals surface area contributed by atoms with Crippen LogP contribution in [0.4, 0.5) is 0 Å². The molecular weight excluding hydrogens is 148 g/mol. The summed E-state index contributed by atoms with van der Waals surface area (Å²) in [5, 5.41) is 19.8. The fourth-order valence-corrected chi connectivity index (χ4v) is 0.729. The molecule has 5 nitrogen and oxygen atoms in total. The highest BCUT2D eigenvalue weighted by molar-refractivity contribution is 4.94. The number of aryl methyl sites for hydroxylation is 1. The summed E-state index contributed by atoms with van der Waals surface area (Å²) in [6.07, 6.45) is 1.14. The first-order valence-electron chi connectivity index (χ1n) is 3.05. The summed E-state index contributed by atoms with van der Waals surface area (Å²) in [5.41, 5.74) is -0.506. The van der Waals surface area contributed by atoms with Crippen molar-refractivity contribution in [3.63, 3.8) is 0 Å². The average Bonchev–Trinajstić information content (AvgIpc) is 1.97. The largest absolute Gasteiger partial charge is 0.618 e. The molecule has 0 unspecified atom stereocenters. The summed E-state index contributed by atoms with van der Waals surface area (Å²) in [6, 6.07) is 0. The Balaban J connectivity index is 3.59. The van der Waals surface area contributed by atoms with E-state index < -0.39 is 5.56 Å². The Labute approximate surface area is 62.7 Å². The highest BCUT2D eigenvalue weighted by Crippen LogP contribution is 1.86. The SMILES string of the molecule is Cc1c[n+]([O-])c(C)c(=O)n1O. The first-order valence-corrected chi connectivity index (χ1v) is 3.05. The van der Waals surface area contributed by atoms with Crippen molar-refractivity contribution in [1.82, 2.24) is 4.73 Å². The molecule has 0 bridgehead atoms. The lowest BCUT2D eigenvalue weighted by atomic mass is 10.4. The Morgan fingerprint density at radius 2 is 2.18 bits per heavy atom. The Hall–Kier alpha value is -1.52. The predicted octanol–water partition coefficient (Wildman–Crippen LogP) is -0.664. The van der Waals surface area contributed by atoms with Crippen LogP contribution in [-0.4, -0.2) is 9.94 Å². The molecule has 0 saturated carbocycles. The normalized spacial score (nSPS) is 10.0. The third kappa shape index (κ3) is 1.04. The van der Waals surface area contributed by atoms with Gasteiger partial charge in [0.1, 0.15) is 5.69 Å². The van der Waals surface area contributed by atoms with Crippen LogP contribution < -0.4 is 10.3 Å². The van der Waals surface area contributed by atoms with Crippen molar-refractivity contribution in [1.29, 1.82) is 0 Å². The molecule has 5 heteroatoms. The van der Waals surface area contributed by atoms with Gasteiger partial charge < -0.3 is 10.4 Å². The summed E-state index contributed by atoms with van der Waals surface area (Å²) in [6.45, 7) is 2.82. The van der Waals surface area contributed by atoms with Gasteiger partial charge in [-0.05, 0) is 6.92 Å². The predicted molar refractivity (Wildman–Crippen MR) is 36.3 cm³/mol. The van der Waals surface area contributed by atoms with E-state index in [0.29, 0.717) is 9.46 Å². The monoisotopic (exact) mass is 156 g/mol. The molecular formula is C6H8N2O3. The van der Waals surface area contributed by atoms with Gasteiger partial charge in [-0.25, -0.2) is 0 Å². The van der Waals surface area contributed by atoms with E-state index in [-0.39, 0.29) is 11.4 Å². The van der Waals surface area contributed by atoms with Gasteiger partial charge in [0.2, 0.25) is 6.20 Å². The zero-order valence-electron chi connectivity index (χ0n) is 6.24.